The van der Waals surface area contributed by atoms with Crippen molar-refractivity contribution in [2.24, 2.45) is 40.4 Å². The molecular formula is C29H48O5. The molecule has 0 aromatic heterocycles. The van der Waals surface area contributed by atoms with E-state index in [0.29, 0.717) is 23.7 Å². The Morgan fingerprint density at radius 3 is 2.29 bits per heavy atom. The second-order valence-corrected chi connectivity index (χ2v) is 14.0. The maximum Gasteiger partial charge on any atom is 0.198 e. The van der Waals surface area contributed by atoms with Crippen molar-refractivity contribution >= 4 is 0 Å². The van der Waals surface area contributed by atoms with Crippen molar-refractivity contribution in [3.05, 3.63) is 0 Å². The van der Waals surface area contributed by atoms with Gasteiger partial charge in [-0.1, -0.05) is 27.7 Å². The highest BCUT2D eigenvalue weighted by molar-refractivity contribution is 5.22. The van der Waals surface area contributed by atoms with Gasteiger partial charge in [-0.25, -0.2) is 0 Å². The minimum atomic E-state index is -1.06. The summed E-state index contributed by atoms with van der Waals surface area (Å²) in [6.07, 6.45) is 9.85. The lowest BCUT2D eigenvalue weighted by atomic mass is 9.43. The molecule has 2 saturated heterocycles. The van der Waals surface area contributed by atoms with Gasteiger partial charge in [0, 0.05) is 12.3 Å². The summed E-state index contributed by atoms with van der Waals surface area (Å²) >= 11 is 0. The minimum Gasteiger partial charge on any atom is -0.393 e. The van der Waals surface area contributed by atoms with E-state index in [0.717, 1.165) is 70.6 Å². The first-order valence-corrected chi connectivity index (χ1v) is 14.4. The van der Waals surface area contributed by atoms with Crippen LogP contribution in [0.2, 0.25) is 0 Å². The Bertz CT molecular complexity index is 823. The molecule has 2 aliphatic heterocycles. The summed E-state index contributed by atoms with van der Waals surface area (Å²) in [5, 5.41) is 34.3. The highest BCUT2D eigenvalue weighted by atomic mass is 16.7. The number of ether oxygens (including phenoxy) is 2. The molecule has 0 amide bonds. The van der Waals surface area contributed by atoms with Crippen molar-refractivity contribution < 1.29 is 24.8 Å². The monoisotopic (exact) mass is 476 g/mol. The van der Waals surface area contributed by atoms with Crippen LogP contribution in [0.5, 0.6) is 0 Å². The van der Waals surface area contributed by atoms with Gasteiger partial charge in [0.1, 0.15) is 5.60 Å². The second kappa shape index (κ2) is 7.43. The Morgan fingerprint density at radius 2 is 1.62 bits per heavy atom. The van der Waals surface area contributed by atoms with E-state index in [4.69, 9.17) is 9.47 Å². The molecule has 3 N–H and O–H groups in total. The molecule has 4 aliphatic carbocycles. The van der Waals surface area contributed by atoms with Crippen molar-refractivity contribution in [3.63, 3.8) is 0 Å². The van der Waals surface area contributed by atoms with Crippen LogP contribution in [0.25, 0.3) is 0 Å². The third-order valence-electron chi connectivity index (χ3n) is 12.9. The molecule has 1 spiro atoms. The first kappa shape index (κ1) is 24.2. The number of hydrogen-bond donors (Lipinski definition) is 3. The molecular weight excluding hydrogens is 428 g/mol. The SMILES string of the molecule is CCC1(CC)CC[C@]2(O[C@H]3C[C@H]4[C@@H]5CC[C@H]6C[C@H](O)CC[C@]6(C)[C@H]5[C@@H](O)C[C@]4(C)[C@H]3[C@@]2(C)O)O1. The molecule has 0 aromatic rings. The lowest BCUT2D eigenvalue weighted by Crippen LogP contribution is -2.62. The van der Waals surface area contributed by atoms with Crippen LogP contribution in [0.3, 0.4) is 0 Å². The van der Waals surface area contributed by atoms with Gasteiger partial charge < -0.3 is 24.8 Å². The Labute approximate surface area is 206 Å². The Morgan fingerprint density at radius 1 is 0.882 bits per heavy atom. The van der Waals surface area contributed by atoms with E-state index in [-0.39, 0.29) is 40.7 Å². The van der Waals surface area contributed by atoms with Gasteiger partial charge in [-0.3, -0.25) is 0 Å². The smallest absolute Gasteiger partial charge is 0.198 e. The van der Waals surface area contributed by atoms with E-state index in [9.17, 15) is 15.3 Å². The van der Waals surface area contributed by atoms with Crippen LogP contribution in [0.15, 0.2) is 0 Å². The van der Waals surface area contributed by atoms with Crippen molar-refractivity contribution in [2.75, 3.05) is 0 Å². The molecule has 5 heteroatoms. The van der Waals surface area contributed by atoms with Crippen LogP contribution >= 0.6 is 0 Å². The van der Waals surface area contributed by atoms with E-state index in [2.05, 4.69) is 27.7 Å². The maximum atomic E-state index is 12.2. The summed E-state index contributed by atoms with van der Waals surface area (Å²) < 4.78 is 13.6. The van der Waals surface area contributed by atoms with Crippen LogP contribution < -0.4 is 0 Å². The molecule has 2 heterocycles. The molecule has 34 heavy (non-hydrogen) atoms. The fraction of sp³-hybridized carbons (Fsp3) is 1.00. The zero-order valence-corrected chi connectivity index (χ0v) is 22.1. The van der Waals surface area contributed by atoms with Crippen molar-refractivity contribution in [3.8, 4) is 0 Å². The van der Waals surface area contributed by atoms with Gasteiger partial charge in [0.05, 0.1) is 23.9 Å². The third-order valence-corrected chi connectivity index (χ3v) is 12.9. The molecule has 0 aromatic carbocycles. The predicted molar refractivity (Wildman–Crippen MR) is 130 cm³/mol. The Balaban J connectivity index is 1.32. The summed E-state index contributed by atoms with van der Waals surface area (Å²) in [6.45, 7) is 11.1. The number of aliphatic hydroxyl groups is 3. The highest BCUT2D eigenvalue weighted by Crippen LogP contribution is 2.72. The minimum absolute atomic E-state index is 0.000769. The average molecular weight is 477 g/mol. The quantitative estimate of drug-likeness (QED) is 0.533. The molecule has 0 unspecified atom stereocenters. The van der Waals surface area contributed by atoms with Crippen LogP contribution in [0.1, 0.15) is 105 Å². The van der Waals surface area contributed by atoms with E-state index in [1.807, 2.05) is 6.92 Å². The van der Waals surface area contributed by atoms with E-state index in [1.165, 1.54) is 0 Å². The largest absolute Gasteiger partial charge is 0.393 e. The summed E-state index contributed by atoms with van der Waals surface area (Å²) in [6, 6.07) is 0. The molecule has 12 atom stereocenters. The van der Waals surface area contributed by atoms with Gasteiger partial charge in [0.2, 0.25) is 0 Å². The summed E-state index contributed by atoms with van der Waals surface area (Å²) in [5.74, 6) is 0.832. The van der Waals surface area contributed by atoms with Crippen molar-refractivity contribution in [2.45, 2.75) is 141 Å². The van der Waals surface area contributed by atoms with Gasteiger partial charge in [-0.05, 0) is 106 Å². The number of aliphatic hydroxyl groups excluding tert-OH is 2. The molecule has 4 saturated carbocycles. The molecule has 6 aliphatic rings. The Hall–Kier alpha value is -0.200. The Kier molecular flexibility index (Phi) is 5.28. The first-order valence-electron chi connectivity index (χ1n) is 14.4. The number of fused-ring (bicyclic) bond motifs is 7. The van der Waals surface area contributed by atoms with Crippen molar-refractivity contribution in [1.29, 1.82) is 0 Å². The van der Waals surface area contributed by atoms with Gasteiger partial charge >= 0.3 is 0 Å². The maximum absolute atomic E-state index is 12.2. The third kappa shape index (κ3) is 2.85. The number of hydrogen-bond acceptors (Lipinski definition) is 5. The van der Waals surface area contributed by atoms with Crippen LogP contribution in [0, 0.1) is 40.4 Å². The lowest BCUT2D eigenvalue weighted by molar-refractivity contribution is -0.305. The molecule has 6 fully saturated rings. The van der Waals surface area contributed by atoms with Gasteiger partial charge in [0.15, 0.2) is 5.79 Å². The number of rotatable bonds is 2. The van der Waals surface area contributed by atoms with Gasteiger partial charge in [-0.15, -0.1) is 0 Å². The van der Waals surface area contributed by atoms with Crippen molar-refractivity contribution in [1.82, 2.24) is 0 Å². The fourth-order valence-corrected chi connectivity index (χ4v) is 11.1. The van der Waals surface area contributed by atoms with E-state index in [1.54, 1.807) is 0 Å². The zero-order chi connectivity index (χ0) is 24.3. The standard InChI is InChI=1S/C29H48O5/c1-6-28(7-2)12-13-29(34-28)27(5,32)24-22(33-29)15-20-19-9-8-17-14-18(30)10-11-25(17,3)23(19)21(31)16-26(20,24)4/h17-24,30-32H,6-16H2,1-5H3/t17-,18+,19-,20-,21-,22-,23+,24-,25-,26-,27+,29-/m0/s1. The highest BCUT2D eigenvalue weighted by Gasteiger charge is 2.76. The lowest BCUT2D eigenvalue weighted by Gasteiger charge is -2.63. The molecule has 0 bridgehead atoms. The van der Waals surface area contributed by atoms with Gasteiger partial charge in [0.25, 0.3) is 0 Å². The van der Waals surface area contributed by atoms with Crippen LogP contribution in [-0.2, 0) is 9.47 Å². The van der Waals surface area contributed by atoms with E-state index < -0.39 is 11.4 Å². The summed E-state index contributed by atoms with van der Waals surface area (Å²) in [7, 11) is 0. The zero-order valence-electron chi connectivity index (χ0n) is 22.1. The fourth-order valence-electron chi connectivity index (χ4n) is 11.1. The average Bonchev–Trinajstić information content (AvgIpc) is 3.37. The predicted octanol–water partition coefficient (Wildman–Crippen LogP) is 4.80. The summed E-state index contributed by atoms with van der Waals surface area (Å²) in [5.41, 5.74) is -1.29. The molecule has 6 rings (SSSR count). The van der Waals surface area contributed by atoms with Crippen LogP contribution in [0.4, 0.5) is 0 Å². The van der Waals surface area contributed by atoms with Crippen LogP contribution in [-0.4, -0.2) is 50.6 Å². The first-order chi connectivity index (χ1) is 16.0. The topological polar surface area (TPSA) is 79.2 Å². The normalized spacial score (nSPS) is 60.0. The van der Waals surface area contributed by atoms with E-state index >= 15 is 0 Å². The molecule has 0 radical (unpaired) electrons. The molecule has 5 nitrogen and oxygen atoms in total. The summed E-state index contributed by atoms with van der Waals surface area (Å²) in [4.78, 5) is 0. The van der Waals surface area contributed by atoms with Gasteiger partial charge in [-0.2, -0.15) is 0 Å². The molecule has 194 valence electrons. The second-order valence-electron chi connectivity index (χ2n) is 14.0.